The normalized spacial score (nSPS) is 11.4. The van der Waals surface area contributed by atoms with Gasteiger partial charge < -0.3 is 4.74 Å². The number of benzene rings is 2. The standard InChI is InChI=1S/C15H13F3O/c1-10-13(4-3-5-14(10)15(16,17)18)11-6-8-12(19-2)9-7-11/h3-9H,1-2H3. The third kappa shape index (κ3) is 2.72. The molecular formula is C15H13F3O. The molecule has 0 aromatic heterocycles. The molecule has 100 valence electrons. The first-order valence-corrected chi connectivity index (χ1v) is 5.74. The van der Waals surface area contributed by atoms with Crippen LogP contribution in [-0.4, -0.2) is 7.11 Å². The average Bonchev–Trinajstić information content (AvgIpc) is 2.38. The molecule has 19 heavy (non-hydrogen) atoms. The number of alkyl halides is 3. The summed E-state index contributed by atoms with van der Waals surface area (Å²) in [6, 6.07) is 11.2. The van der Waals surface area contributed by atoms with E-state index in [1.165, 1.54) is 13.0 Å². The molecule has 0 aliphatic heterocycles. The third-order valence-corrected chi connectivity index (χ3v) is 3.04. The van der Waals surface area contributed by atoms with Crippen LogP contribution in [0.4, 0.5) is 13.2 Å². The number of halogens is 3. The molecule has 0 saturated carbocycles. The van der Waals surface area contributed by atoms with E-state index >= 15 is 0 Å². The lowest BCUT2D eigenvalue weighted by Crippen LogP contribution is -2.07. The van der Waals surface area contributed by atoms with Crippen molar-refractivity contribution in [2.24, 2.45) is 0 Å². The van der Waals surface area contributed by atoms with Gasteiger partial charge in [0.25, 0.3) is 0 Å². The molecule has 0 aliphatic rings. The Bertz CT molecular complexity index is 571. The molecule has 2 aromatic rings. The van der Waals surface area contributed by atoms with Crippen LogP contribution in [0, 0.1) is 6.92 Å². The van der Waals surface area contributed by atoms with Crippen LogP contribution in [0.1, 0.15) is 11.1 Å². The van der Waals surface area contributed by atoms with E-state index in [0.29, 0.717) is 11.3 Å². The largest absolute Gasteiger partial charge is 0.497 e. The summed E-state index contributed by atoms with van der Waals surface area (Å²) in [5.74, 6) is 0.674. The highest BCUT2D eigenvalue weighted by Gasteiger charge is 2.32. The fraction of sp³-hybridized carbons (Fsp3) is 0.200. The minimum atomic E-state index is -4.33. The molecule has 0 saturated heterocycles. The predicted molar refractivity (Wildman–Crippen MR) is 68.2 cm³/mol. The second-order valence-electron chi connectivity index (χ2n) is 4.20. The maximum absolute atomic E-state index is 12.8. The Hall–Kier alpha value is -1.97. The summed E-state index contributed by atoms with van der Waals surface area (Å²) in [6.45, 7) is 1.49. The lowest BCUT2D eigenvalue weighted by atomic mass is 9.96. The zero-order valence-electron chi connectivity index (χ0n) is 10.6. The molecule has 0 heterocycles. The molecule has 2 rings (SSSR count). The van der Waals surface area contributed by atoms with Gasteiger partial charge in [0.2, 0.25) is 0 Å². The van der Waals surface area contributed by atoms with Crippen molar-refractivity contribution in [1.82, 2.24) is 0 Å². The van der Waals surface area contributed by atoms with E-state index in [1.807, 2.05) is 0 Å². The van der Waals surface area contributed by atoms with Gasteiger partial charge in [0, 0.05) is 0 Å². The molecule has 0 unspecified atom stereocenters. The fourth-order valence-corrected chi connectivity index (χ4v) is 2.03. The molecule has 0 bridgehead atoms. The molecule has 0 amide bonds. The van der Waals surface area contributed by atoms with Gasteiger partial charge in [0.1, 0.15) is 5.75 Å². The summed E-state index contributed by atoms with van der Waals surface area (Å²) in [7, 11) is 1.55. The van der Waals surface area contributed by atoms with Gasteiger partial charge >= 0.3 is 6.18 Å². The van der Waals surface area contributed by atoms with Crippen molar-refractivity contribution in [3.63, 3.8) is 0 Å². The van der Waals surface area contributed by atoms with Crippen LogP contribution in [0.5, 0.6) is 5.75 Å². The molecule has 2 aromatic carbocycles. The second-order valence-corrected chi connectivity index (χ2v) is 4.20. The molecular weight excluding hydrogens is 253 g/mol. The van der Waals surface area contributed by atoms with Gasteiger partial charge in [-0.25, -0.2) is 0 Å². The van der Waals surface area contributed by atoms with Crippen molar-refractivity contribution >= 4 is 0 Å². The summed E-state index contributed by atoms with van der Waals surface area (Å²) in [4.78, 5) is 0. The topological polar surface area (TPSA) is 9.23 Å². The summed E-state index contributed by atoms with van der Waals surface area (Å²) < 4.78 is 43.6. The molecule has 0 radical (unpaired) electrons. The molecule has 0 atom stereocenters. The number of methoxy groups -OCH3 is 1. The van der Waals surface area contributed by atoms with E-state index in [4.69, 9.17) is 4.74 Å². The van der Waals surface area contributed by atoms with E-state index in [-0.39, 0.29) is 5.56 Å². The summed E-state index contributed by atoms with van der Waals surface area (Å²) in [5.41, 5.74) is 0.961. The molecule has 0 fully saturated rings. The smallest absolute Gasteiger partial charge is 0.416 e. The van der Waals surface area contributed by atoms with Gasteiger partial charge in [-0.15, -0.1) is 0 Å². The second kappa shape index (κ2) is 4.96. The number of hydrogen-bond acceptors (Lipinski definition) is 1. The Balaban J connectivity index is 2.50. The molecule has 4 heteroatoms. The van der Waals surface area contributed by atoms with Gasteiger partial charge in [-0.2, -0.15) is 13.2 Å². The third-order valence-electron chi connectivity index (χ3n) is 3.04. The van der Waals surface area contributed by atoms with E-state index in [1.54, 1.807) is 37.4 Å². The van der Waals surface area contributed by atoms with Crippen LogP contribution in [0.3, 0.4) is 0 Å². The first-order chi connectivity index (χ1) is 8.93. The van der Waals surface area contributed by atoms with Crippen molar-refractivity contribution in [2.75, 3.05) is 7.11 Å². The Kier molecular flexibility index (Phi) is 3.51. The van der Waals surface area contributed by atoms with Crippen molar-refractivity contribution in [2.45, 2.75) is 13.1 Å². The van der Waals surface area contributed by atoms with E-state index in [0.717, 1.165) is 11.6 Å². The number of hydrogen-bond donors (Lipinski definition) is 0. The summed E-state index contributed by atoms with van der Waals surface area (Å²) in [6.07, 6.45) is -4.33. The van der Waals surface area contributed by atoms with Crippen LogP contribution < -0.4 is 4.74 Å². The molecule has 0 aliphatic carbocycles. The van der Waals surface area contributed by atoms with E-state index < -0.39 is 11.7 Å². The van der Waals surface area contributed by atoms with E-state index in [9.17, 15) is 13.2 Å². The molecule has 0 spiro atoms. The van der Waals surface area contributed by atoms with Crippen molar-refractivity contribution in [1.29, 1.82) is 0 Å². The first-order valence-electron chi connectivity index (χ1n) is 5.74. The van der Waals surface area contributed by atoms with Gasteiger partial charge in [0.05, 0.1) is 12.7 Å². The van der Waals surface area contributed by atoms with Crippen LogP contribution in [0.15, 0.2) is 42.5 Å². The minimum Gasteiger partial charge on any atom is -0.497 e. The van der Waals surface area contributed by atoms with Crippen molar-refractivity contribution < 1.29 is 17.9 Å². The summed E-state index contributed by atoms with van der Waals surface area (Å²) >= 11 is 0. The quantitative estimate of drug-likeness (QED) is 0.766. The Labute approximate surface area is 109 Å². The highest BCUT2D eigenvalue weighted by atomic mass is 19.4. The zero-order valence-corrected chi connectivity index (χ0v) is 10.6. The van der Waals surface area contributed by atoms with Gasteiger partial charge in [0.15, 0.2) is 0 Å². The predicted octanol–water partition coefficient (Wildman–Crippen LogP) is 4.69. The van der Waals surface area contributed by atoms with Crippen LogP contribution >= 0.6 is 0 Å². The maximum atomic E-state index is 12.8. The van der Waals surface area contributed by atoms with Gasteiger partial charge in [-0.3, -0.25) is 0 Å². The van der Waals surface area contributed by atoms with Crippen molar-refractivity contribution in [3.05, 3.63) is 53.6 Å². The number of rotatable bonds is 2. The molecule has 1 nitrogen and oxygen atoms in total. The first kappa shape index (κ1) is 13.5. The monoisotopic (exact) mass is 266 g/mol. The lowest BCUT2D eigenvalue weighted by Gasteiger charge is -2.14. The van der Waals surface area contributed by atoms with E-state index in [2.05, 4.69) is 0 Å². The Morgan fingerprint density at radius 3 is 2.11 bits per heavy atom. The van der Waals surface area contributed by atoms with Crippen LogP contribution in [0.25, 0.3) is 11.1 Å². The molecule has 0 N–H and O–H groups in total. The minimum absolute atomic E-state index is 0.236. The fourth-order valence-electron chi connectivity index (χ4n) is 2.03. The van der Waals surface area contributed by atoms with Crippen molar-refractivity contribution in [3.8, 4) is 16.9 Å². The van der Waals surface area contributed by atoms with Crippen LogP contribution in [0.2, 0.25) is 0 Å². The highest BCUT2D eigenvalue weighted by molar-refractivity contribution is 5.69. The maximum Gasteiger partial charge on any atom is 0.416 e. The number of ether oxygens (including phenoxy) is 1. The lowest BCUT2D eigenvalue weighted by molar-refractivity contribution is -0.138. The van der Waals surface area contributed by atoms with Gasteiger partial charge in [-0.1, -0.05) is 24.3 Å². The Morgan fingerprint density at radius 2 is 1.58 bits per heavy atom. The van der Waals surface area contributed by atoms with Gasteiger partial charge in [-0.05, 0) is 41.8 Å². The van der Waals surface area contributed by atoms with Crippen LogP contribution in [-0.2, 0) is 6.18 Å². The SMILES string of the molecule is COc1ccc(-c2cccc(C(F)(F)F)c2C)cc1. The summed E-state index contributed by atoms with van der Waals surface area (Å²) in [5, 5.41) is 0. The highest BCUT2D eigenvalue weighted by Crippen LogP contribution is 2.36. The zero-order chi connectivity index (χ0) is 14.0. The Morgan fingerprint density at radius 1 is 0.947 bits per heavy atom. The average molecular weight is 266 g/mol.